The zero-order chi connectivity index (χ0) is 95.2. The molecule has 0 radical (unpaired) electrons. The number of rotatable bonds is 33. The van der Waals surface area contributed by atoms with Crippen molar-refractivity contribution < 1.29 is 67.1 Å². The van der Waals surface area contributed by atoms with Crippen LogP contribution in [0.4, 0.5) is 44.1 Å². The van der Waals surface area contributed by atoms with Crippen molar-refractivity contribution in [3.8, 4) is 68.8 Å². The monoisotopic (exact) mass is 1810 g/mol. The number of carbonyl (C=O) groups is 8. The highest BCUT2D eigenvalue weighted by molar-refractivity contribution is 7.99. The van der Waals surface area contributed by atoms with Gasteiger partial charge in [-0.1, -0.05) is 36.4 Å². The largest absolute Gasteiger partial charge is 0.494 e. The summed E-state index contributed by atoms with van der Waals surface area (Å²) in [5, 5.41) is 52.0. The highest BCUT2D eigenvalue weighted by Crippen LogP contribution is 2.46. The van der Waals surface area contributed by atoms with Gasteiger partial charge < -0.3 is 84.0 Å². The molecule has 0 fully saturated rings. The van der Waals surface area contributed by atoms with E-state index in [0.29, 0.717) is 128 Å². The van der Waals surface area contributed by atoms with Crippen molar-refractivity contribution in [1.82, 2.24) is 56.5 Å². The van der Waals surface area contributed by atoms with Gasteiger partial charge in [0.2, 0.25) is 17.1 Å². The second-order valence-corrected chi connectivity index (χ2v) is 32.4. The molecular formula is C90H98N22O14S3. The topological polar surface area (TPSA) is 555 Å². The van der Waals surface area contributed by atoms with Crippen LogP contribution < -0.4 is 69.5 Å². The molecule has 6 aromatic heterocycles. The SMILES string of the molecule is C[C@H](NC(=O)OC(C)(C)C)C(=O)O.[C-]#[N+]c1c(N)nc(SCc2ccnc(C(=O)NC)c2)c(C#N)c1-c1ccc(OCCCC(=O)[C@H](C)N)cc1.[C-]#[N+]c1c(N)nc(SCc2ccnc(C(=O)NC)c2)c(C#N)c1-c1ccc(OCCCC(=O)[C@H](C)NC(=O)OC(C)(C)C)cc1.[C-]#[N+]c1c(N)nc(SCc2ccnc(C(=O)NC)c2)c(C#N)c1-c1ccc(OCCN)cc1. The number of amides is 5. The number of hydrogen-bond donors (Lipinski definition) is 11. The van der Waals surface area contributed by atoms with E-state index in [1.54, 1.807) is 177 Å². The Balaban J connectivity index is 0.000000281. The normalized spacial score (nSPS) is 11.2. The van der Waals surface area contributed by atoms with E-state index in [2.05, 4.69) is 89.2 Å². The molecule has 0 bridgehead atoms. The minimum Gasteiger partial charge on any atom is -0.494 e. The summed E-state index contributed by atoms with van der Waals surface area (Å²) >= 11 is 3.84. The fourth-order valence-electron chi connectivity index (χ4n) is 11.2. The first-order chi connectivity index (χ1) is 61.4. The lowest BCUT2D eigenvalue weighted by atomic mass is 10.00. The number of anilines is 3. The molecule has 0 saturated carbocycles. The number of thioether (sulfide) groups is 3. The van der Waals surface area contributed by atoms with E-state index >= 15 is 0 Å². The van der Waals surface area contributed by atoms with Crippen LogP contribution in [-0.2, 0) is 41.1 Å². The van der Waals surface area contributed by atoms with E-state index in [9.17, 15) is 54.1 Å². The summed E-state index contributed by atoms with van der Waals surface area (Å²) in [6.07, 6.45) is 4.80. The average Bonchev–Trinajstić information content (AvgIpc) is 0.787. The number of aliphatic carboxylic acids is 1. The van der Waals surface area contributed by atoms with Gasteiger partial charge in [-0.15, -0.1) is 35.3 Å². The Bertz CT molecular complexity index is 5790. The minimum atomic E-state index is -1.09. The van der Waals surface area contributed by atoms with Gasteiger partial charge in [-0.25, -0.2) is 39.1 Å². The zero-order valence-electron chi connectivity index (χ0n) is 72.9. The van der Waals surface area contributed by atoms with Gasteiger partial charge >= 0.3 is 18.2 Å². The summed E-state index contributed by atoms with van der Waals surface area (Å²) in [7, 11) is 4.59. The molecule has 0 aliphatic rings. The molecule has 36 nitrogen and oxygen atoms in total. The summed E-state index contributed by atoms with van der Waals surface area (Å²) in [6.45, 7) is 39.3. The van der Waals surface area contributed by atoms with Crippen LogP contribution in [0.15, 0.2) is 143 Å². The number of carbonyl (C=O) groups excluding carboxylic acids is 7. The highest BCUT2D eigenvalue weighted by atomic mass is 32.2. The highest BCUT2D eigenvalue weighted by Gasteiger charge is 2.28. The summed E-state index contributed by atoms with van der Waals surface area (Å²) in [5.41, 5.74) is 35.5. The number of alkyl carbamates (subject to hydrolysis) is 2. The van der Waals surface area contributed by atoms with Gasteiger partial charge in [-0.05, 0) is 181 Å². The van der Waals surface area contributed by atoms with Gasteiger partial charge in [-0.3, -0.25) is 43.7 Å². The molecule has 0 unspecified atom stereocenters. The average molecular weight is 1810 g/mol. The van der Waals surface area contributed by atoms with Gasteiger partial charge in [0, 0.05) is 93.1 Å². The molecule has 9 aromatic rings. The molecular weight excluding hydrogens is 1710 g/mol. The molecule has 3 atom stereocenters. The number of hydrogen-bond acceptors (Lipinski definition) is 30. The number of carboxylic acids is 1. The number of ketones is 2. The molecule has 16 N–H and O–H groups in total. The molecule has 0 saturated heterocycles. The van der Waals surface area contributed by atoms with Crippen molar-refractivity contribution >= 4 is 117 Å². The summed E-state index contributed by atoms with van der Waals surface area (Å²) in [4.78, 5) is 129. The lowest BCUT2D eigenvalue weighted by Crippen LogP contribution is -2.41. The summed E-state index contributed by atoms with van der Waals surface area (Å²) < 4.78 is 27.0. The molecule has 670 valence electrons. The van der Waals surface area contributed by atoms with Crippen molar-refractivity contribution in [2.45, 2.75) is 150 Å². The van der Waals surface area contributed by atoms with Crippen LogP contribution in [0.2, 0.25) is 0 Å². The van der Waals surface area contributed by atoms with Crippen molar-refractivity contribution in [1.29, 1.82) is 15.8 Å². The van der Waals surface area contributed by atoms with Crippen LogP contribution in [0, 0.1) is 53.7 Å². The first-order valence-electron chi connectivity index (χ1n) is 39.5. The quantitative estimate of drug-likeness (QED) is 0.0103. The third-order valence-corrected chi connectivity index (χ3v) is 20.6. The second kappa shape index (κ2) is 50.2. The maximum Gasteiger partial charge on any atom is 0.408 e. The Morgan fingerprint density at radius 3 is 1.03 bits per heavy atom. The number of pyridine rings is 6. The Morgan fingerprint density at radius 2 is 0.767 bits per heavy atom. The van der Waals surface area contributed by atoms with Gasteiger partial charge in [0.05, 0.1) is 61.7 Å². The lowest BCUT2D eigenvalue weighted by Gasteiger charge is -2.21. The Hall–Kier alpha value is -15.0. The molecule has 9 rings (SSSR count). The molecule has 3 aromatic carbocycles. The first kappa shape index (κ1) is 103. The standard InChI is InChI=1S/C32H35N7O5S.C27H27N7O3S.C23H21N7O2S.C8H15NO4/c1-19(38-31(42)44-32(2,3)4)25(40)8-7-15-43-22-11-9-21(10-12-22)26-23(17-33)30(39-28(34)27(26)35-5)45-18-20-13-14-37-24(16-20)29(41)36-6;1-16(29)22(35)5-4-12-37-19-8-6-18(7-9-19)23-20(14-28)27(34-25(30)24(23)31-2)38-15-17-10-11-33-21(13-17)26(36)32-3;1-27-20-19(15-3-5-16(6-4-15)32-10-8-24)17(12-25)23(30-21(20)26)33-13-14-7-9-29-18(11-14)22(31)28-2;1-5(6(10)11)9-7(12)13-8(2,3)4/h9-14,16,19H,7-8,15,18H2,1-4,6H3,(H2,34,39)(H,36,41)(H,38,42);6-11,13,16H,4-5,12,15,29H2,1,3H3,(H2,30,34)(H,32,36);3-7,9,11H,8,10,13,24H2,2H3,(H2,26,30)(H,28,31);5H,1-4H3,(H,9,12)(H,10,11)/t19-;16-;;5-/m00.0/s1. The maximum absolute atomic E-state index is 12.4. The molecule has 0 spiro atoms. The smallest absolute Gasteiger partial charge is 0.408 e. The number of nitrogens with one attached hydrogen (secondary N) is 5. The number of nitrogen functional groups attached to an aromatic ring is 3. The fourth-order valence-corrected chi connectivity index (χ4v) is 14.0. The van der Waals surface area contributed by atoms with E-state index in [4.69, 9.17) is 77.2 Å². The first-order valence-corrected chi connectivity index (χ1v) is 42.5. The molecule has 39 heteroatoms. The zero-order valence-corrected chi connectivity index (χ0v) is 75.3. The number of benzene rings is 3. The van der Waals surface area contributed by atoms with Crippen LogP contribution >= 0.6 is 35.3 Å². The predicted octanol–water partition coefficient (Wildman–Crippen LogP) is 13.4. The van der Waals surface area contributed by atoms with Crippen LogP contribution in [0.3, 0.4) is 0 Å². The van der Waals surface area contributed by atoms with E-state index in [0.717, 1.165) is 16.7 Å². The Labute approximate surface area is 759 Å². The van der Waals surface area contributed by atoms with Crippen molar-refractivity contribution in [2.24, 2.45) is 11.5 Å². The Morgan fingerprint density at radius 1 is 0.473 bits per heavy atom. The number of carboxylic acid groups (broad SMARTS) is 1. The molecule has 0 aliphatic carbocycles. The van der Waals surface area contributed by atoms with Crippen LogP contribution in [0.1, 0.15) is 153 Å². The van der Waals surface area contributed by atoms with Crippen molar-refractivity contribution in [2.75, 3.05) is 64.7 Å². The number of aromatic nitrogens is 6. The molecule has 0 aliphatic heterocycles. The van der Waals surface area contributed by atoms with Gasteiger partial charge in [0.25, 0.3) is 17.7 Å². The maximum atomic E-state index is 12.4. The van der Waals surface area contributed by atoms with Crippen molar-refractivity contribution in [3.63, 3.8) is 0 Å². The van der Waals surface area contributed by atoms with E-state index < -0.39 is 47.5 Å². The number of nitrogens with zero attached hydrogens (tertiary/aromatic N) is 12. The van der Waals surface area contributed by atoms with Crippen LogP contribution in [-0.4, -0.2) is 159 Å². The third kappa shape index (κ3) is 31.6. The fraction of sp³-hybridized carbons (Fsp3) is 0.311. The van der Waals surface area contributed by atoms with E-state index in [-0.39, 0.29) is 105 Å². The lowest BCUT2D eigenvalue weighted by molar-refractivity contribution is -0.139. The third-order valence-electron chi connectivity index (χ3n) is 17.5. The number of ether oxygens (including phenoxy) is 5. The van der Waals surface area contributed by atoms with E-state index in [1.165, 1.54) is 69.5 Å². The Kier molecular flexibility index (Phi) is 40.0. The van der Waals surface area contributed by atoms with E-state index in [1.807, 2.05) is 0 Å². The van der Waals surface area contributed by atoms with Crippen LogP contribution in [0.5, 0.6) is 17.2 Å². The number of nitrogens with two attached hydrogens (primary N) is 5. The summed E-state index contributed by atoms with van der Waals surface area (Å²) in [5.74, 6) is 0.902. The minimum absolute atomic E-state index is 0.00246. The number of nitriles is 3. The second-order valence-electron chi connectivity index (χ2n) is 29.5. The van der Waals surface area contributed by atoms with Crippen LogP contribution in [0.25, 0.3) is 47.9 Å². The number of Topliss-reactive ketones (excluding diaryl/α,β-unsaturated/α-hetero) is 2. The van der Waals surface area contributed by atoms with Gasteiger partial charge in [-0.2, -0.15) is 15.8 Å². The molecule has 5 amide bonds. The van der Waals surface area contributed by atoms with Gasteiger partial charge in [0.15, 0.2) is 5.78 Å². The predicted molar refractivity (Wildman–Crippen MR) is 490 cm³/mol. The molecule has 129 heavy (non-hydrogen) atoms. The van der Waals surface area contributed by atoms with Crippen molar-refractivity contribution in [3.05, 3.63) is 212 Å². The van der Waals surface area contributed by atoms with Gasteiger partial charge in [0.1, 0.15) is 115 Å². The molecule has 6 heterocycles. The summed E-state index contributed by atoms with van der Waals surface area (Å²) in [6, 6.07) is 35.6.